The van der Waals surface area contributed by atoms with E-state index in [0.29, 0.717) is 19.8 Å². The molecule has 4 nitrogen and oxygen atoms in total. The van der Waals surface area contributed by atoms with Crippen molar-refractivity contribution in [2.75, 3.05) is 26.4 Å². The van der Waals surface area contributed by atoms with Crippen molar-refractivity contribution in [2.45, 2.75) is 20.4 Å². The fraction of sp³-hybridized carbons (Fsp3) is 0.500. The van der Waals surface area contributed by atoms with Gasteiger partial charge < -0.3 is 14.0 Å². The van der Waals surface area contributed by atoms with Gasteiger partial charge in [-0.2, -0.15) is 0 Å². The number of hydrogen-bond acceptors (Lipinski definition) is 3. The zero-order chi connectivity index (χ0) is 12.8. The Balaban J connectivity index is 1.89. The SMILES string of the molecule is CCOCCOCCn1c(C)nc2ccccc21. The number of para-hydroxylation sites is 2. The second-order valence-electron chi connectivity index (χ2n) is 4.11. The molecule has 2 aromatic rings. The van der Waals surface area contributed by atoms with Gasteiger partial charge in [0.1, 0.15) is 5.82 Å². The standard InChI is InChI=1S/C14H20N2O2/c1-3-17-10-11-18-9-8-16-12(2)15-13-6-4-5-7-14(13)16/h4-7H,3,8-11H2,1-2H3. The highest BCUT2D eigenvalue weighted by Gasteiger charge is 2.05. The van der Waals surface area contributed by atoms with Crippen molar-refractivity contribution in [2.24, 2.45) is 0 Å². The van der Waals surface area contributed by atoms with Gasteiger partial charge in [0, 0.05) is 13.2 Å². The summed E-state index contributed by atoms with van der Waals surface area (Å²) < 4.78 is 13.0. The summed E-state index contributed by atoms with van der Waals surface area (Å²) in [6.07, 6.45) is 0. The van der Waals surface area contributed by atoms with E-state index in [2.05, 4.69) is 15.6 Å². The molecule has 4 heteroatoms. The molecule has 0 saturated heterocycles. The molecule has 2 rings (SSSR count). The Morgan fingerprint density at radius 1 is 1.11 bits per heavy atom. The van der Waals surface area contributed by atoms with Gasteiger partial charge in [-0.25, -0.2) is 4.98 Å². The first-order chi connectivity index (χ1) is 8.83. The molecule has 0 aliphatic rings. The van der Waals surface area contributed by atoms with Crippen LogP contribution in [-0.4, -0.2) is 36.0 Å². The molecule has 0 aliphatic heterocycles. The smallest absolute Gasteiger partial charge is 0.106 e. The number of hydrogen-bond donors (Lipinski definition) is 0. The summed E-state index contributed by atoms with van der Waals surface area (Å²) in [5, 5.41) is 0. The molecule has 1 heterocycles. The minimum Gasteiger partial charge on any atom is -0.379 e. The van der Waals surface area contributed by atoms with Crippen molar-refractivity contribution in [3.8, 4) is 0 Å². The Labute approximate surface area is 108 Å². The van der Waals surface area contributed by atoms with Gasteiger partial charge in [-0.15, -0.1) is 0 Å². The Morgan fingerprint density at radius 2 is 1.89 bits per heavy atom. The summed E-state index contributed by atoms with van der Waals surface area (Å²) in [5.41, 5.74) is 2.22. The molecule has 1 aromatic heterocycles. The first-order valence-corrected chi connectivity index (χ1v) is 6.40. The number of benzene rings is 1. The Hall–Kier alpha value is -1.39. The monoisotopic (exact) mass is 248 g/mol. The van der Waals surface area contributed by atoms with Crippen LogP contribution in [-0.2, 0) is 16.0 Å². The Kier molecular flexibility index (Phi) is 4.73. The Morgan fingerprint density at radius 3 is 2.72 bits per heavy atom. The van der Waals surface area contributed by atoms with Gasteiger partial charge in [0.15, 0.2) is 0 Å². The maximum absolute atomic E-state index is 5.54. The van der Waals surface area contributed by atoms with Gasteiger partial charge >= 0.3 is 0 Å². The maximum Gasteiger partial charge on any atom is 0.106 e. The predicted molar refractivity (Wildman–Crippen MR) is 71.8 cm³/mol. The van der Waals surface area contributed by atoms with E-state index >= 15 is 0 Å². The van der Waals surface area contributed by atoms with E-state index in [9.17, 15) is 0 Å². The van der Waals surface area contributed by atoms with E-state index in [1.807, 2.05) is 32.0 Å². The van der Waals surface area contributed by atoms with Crippen LogP contribution >= 0.6 is 0 Å². The van der Waals surface area contributed by atoms with E-state index in [4.69, 9.17) is 9.47 Å². The van der Waals surface area contributed by atoms with Crippen molar-refractivity contribution in [1.82, 2.24) is 9.55 Å². The van der Waals surface area contributed by atoms with E-state index < -0.39 is 0 Å². The van der Waals surface area contributed by atoms with Crippen molar-refractivity contribution < 1.29 is 9.47 Å². The summed E-state index contributed by atoms with van der Waals surface area (Å²) in [6.45, 7) is 7.60. The lowest BCUT2D eigenvalue weighted by Gasteiger charge is -2.08. The topological polar surface area (TPSA) is 36.3 Å². The van der Waals surface area contributed by atoms with Crippen molar-refractivity contribution in [1.29, 1.82) is 0 Å². The highest BCUT2D eigenvalue weighted by molar-refractivity contribution is 5.75. The number of rotatable bonds is 7. The van der Waals surface area contributed by atoms with Crippen LogP contribution in [0.2, 0.25) is 0 Å². The maximum atomic E-state index is 5.54. The molecule has 0 N–H and O–H groups in total. The highest BCUT2D eigenvalue weighted by Crippen LogP contribution is 2.14. The average Bonchev–Trinajstić information content (AvgIpc) is 2.70. The van der Waals surface area contributed by atoms with Crippen LogP contribution < -0.4 is 0 Å². The second-order valence-corrected chi connectivity index (χ2v) is 4.11. The molecule has 1 aromatic carbocycles. The minimum absolute atomic E-state index is 0.652. The van der Waals surface area contributed by atoms with E-state index in [1.54, 1.807) is 0 Å². The molecule has 0 amide bonds. The lowest BCUT2D eigenvalue weighted by atomic mass is 10.3. The van der Waals surface area contributed by atoms with E-state index in [1.165, 1.54) is 5.52 Å². The zero-order valence-electron chi connectivity index (χ0n) is 11.1. The van der Waals surface area contributed by atoms with Gasteiger partial charge in [-0.3, -0.25) is 0 Å². The van der Waals surface area contributed by atoms with Gasteiger partial charge in [-0.05, 0) is 26.0 Å². The van der Waals surface area contributed by atoms with Crippen LogP contribution in [0.3, 0.4) is 0 Å². The molecular weight excluding hydrogens is 228 g/mol. The molecule has 0 saturated carbocycles. The predicted octanol–water partition coefficient (Wildman–Crippen LogP) is 2.40. The average molecular weight is 248 g/mol. The molecule has 0 unspecified atom stereocenters. The molecule has 98 valence electrons. The largest absolute Gasteiger partial charge is 0.379 e. The third kappa shape index (κ3) is 3.09. The molecule has 18 heavy (non-hydrogen) atoms. The minimum atomic E-state index is 0.652. The van der Waals surface area contributed by atoms with Crippen molar-refractivity contribution >= 4 is 11.0 Å². The summed E-state index contributed by atoms with van der Waals surface area (Å²) in [7, 11) is 0. The number of aryl methyl sites for hydroxylation is 1. The number of fused-ring (bicyclic) bond motifs is 1. The van der Waals surface area contributed by atoms with Crippen LogP contribution in [0.4, 0.5) is 0 Å². The number of ether oxygens (including phenoxy) is 2. The van der Waals surface area contributed by atoms with Crippen molar-refractivity contribution in [3.63, 3.8) is 0 Å². The van der Waals surface area contributed by atoms with Gasteiger partial charge in [0.05, 0.1) is 30.9 Å². The van der Waals surface area contributed by atoms with Gasteiger partial charge in [0.2, 0.25) is 0 Å². The fourth-order valence-corrected chi connectivity index (χ4v) is 2.00. The van der Waals surface area contributed by atoms with Crippen LogP contribution in [0.25, 0.3) is 11.0 Å². The van der Waals surface area contributed by atoms with Gasteiger partial charge in [-0.1, -0.05) is 12.1 Å². The van der Waals surface area contributed by atoms with E-state index in [0.717, 1.165) is 24.5 Å². The third-order valence-corrected chi connectivity index (χ3v) is 2.88. The van der Waals surface area contributed by atoms with Crippen LogP contribution in [0, 0.1) is 6.92 Å². The molecule has 0 radical (unpaired) electrons. The van der Waals surface area contributed by atoms with Crippen LogP contribution in [0.1, 0.15) is 12.7 Å². The normalized spacial score (nSPS) is 11.2. The fourth-order valence-electron chi connectivity index (χ4n) is 2.00. The summed E-state index contributed by atoms with van der Waals surface area (Å²) in [6, 6.07) is 8.18. The number of imidazole rings is 1. The molecular formula is C14H20N2O2. The third-order valence-electron chi connectivity index (χ3n) is 2.88. The second kappa shape index (κ2) is 6.52. The molecule has 0 atom stereocenters. The van der Waals surface area contributed by atoms with Crippen LogP contribution in [0.5, 0.6) is 0 Å². The molecule has 0 aliphatic carbocycles. The number of nitrogens with zero attached hydrogens (tertiary/aromatic N) is 2. The van der Waals surface area contributed by atoms with E-state index in [-0.39, 0.29) is 0 Å². The lowest BCUT2D eigenvalue weighted by molar-refractivity contribution is 0.0498. The molecule has 0 bridgehead atoms. The first-order valence-electron chi connectivity index (χ1n) is 6.40. The Bertz CT molecular complexity index is 493. The molecule has 0 spiro atoms. The lowest BCUT2D eigenvalue weighted by Crippen LogP contribution is -2.10. The first kappa shape index (κ1) is 13.1. The number of aromatic nitrogens is 2. The summed E-state index contributed by atoms with van der Waals surface area (Å²) in [5.74, 6) is 1.03. The quantitative estimate of drug-likeness (QED) is 0.706. The highest BCUT2D eigenvalue weighted by atomic mass is 16.5. The summed E-state index contributed by atoms with van der Waals surface area (Å²) in [4.78, 5) is 4.52. The van der Waals surface area contributed by atoms with Gasteiger partial charge in [0.25, 0.3) is 0 Å². The van der Waals surface area contributed by atoms with Crippen LogP contribution in [0.15, 0.2) is 24.3 Å². The summed E-state index contributed by atoms with van der Waals surface area (Å²) >= 11 is 0. The van der Waals surface area contributed by atoms with Crippen molar-refractivity contribution in [3.05, 3.63) is 30.1 Å². The zero-order valence-corrected chi connectivity index (χ0v) is 11.1. The molecule has 0 fully saturated rings.